The monoisotopic (exact) mass is 320 g/mol. The van der Waals surface area contributed by atoms with E-state index in [0.717, 1.165) is 24.9 Å². The Kier molecular flexibility index (Phi) is 3.25. The Morgan fingerprint density at radius 3 is 2.62 bits per heavy atom. The molecule has 4 aliphatic rings. The summed E-state index contributed by atoms with van der Waals surface area (Å²) in [6.45, 7) is 4.06. The van der Waals surface area contributed by atoms with Crippen LogP contribution < -0.4 is 10.2 Å². The van der Waals surface area contributed by atoms with Crippen LogP contribution in [-0.2, 0) is 0 Å². The van der Waals surface area contributed by atoms with E-state index in [0.29, 0.717) is 17.9 Å². The van der Waals surface area contributed by atoms with E-state index in [4.69, 9.17) is 9.97 Å². The first kappa shape index (κ1) is 14.3. The largest absolute Gasteiger partial charge is 0.354 e. The van der Waals surface area contributed by atoms with Crippen molar-refractivity contribution in [3.05, 3.63) is 47.2 Å². The van der Waals surface area contributed by atoms with Crippen molar-refractivity contribution in [3.8, 4) is 0 Å². The Labute approximate surface area is 143 Å². The molecule has 2 aromatic rings. The minimum Gasteiger partial charge on any atom is -0.354 e. The zero-order chi connectivity index (χ0) is 16.1. The van der Waals surface area contributed by atoms with Crippen molar-refractivity contribution in [1.29, 1.82) is 0 Å². The van der Waals surface area contributed by atoms with Crippen LogP contribution in [0.5, 0.6) is 0 Å². The molecule has 24 heavy (non-hydrogen) atoms. The Balaban J connectivity index is 1.55. The number of benzene rings is 1. The van der Waals surface area contributed by atoms with Crippen molar-refractivity contribution < 1.29 is 0 Å². The molecule has 124 valence electrons. The molecule has 0 unspecified atom stereocenters. The molecule has 1 aromatic heterocycles. The van der Waals surface area contributed by atoms with Gasteiger partial charge in [-0.15, -0.1) is 0 Å². The van der Waals surface area contributed by atoms with Gasteiger partial charge in [-0.1, -0.05) is 24.3 Å². The first-order valence-electron chi connectivity index (χ1n) is 9.32. The van der Waals surface area contributed by atoms with Gasteiger partial charge in [-0.25, -0.2) is 4.98 Å². The molecular weight excluding hydrogens is 296 g/mol. The molecule has 2 aliphatic heterocycles. The van der Waals surface area contributed by atoms with Crippen molar-refractivity contribution in [3.63, 3.8) is 0 Å². The molecular formula is C20H24N4. The first-order chi connectivity index (χ1) is 11.8. The third-order valence-electron chi connectivity index (χ3n) is 5.73. The summed E-state index contributed by atoms with van der Waals surface area (Å²) in [6, 6.07) is 11.7. The number of hydrogen-bond donors (Lipinski definition) is 1. The second kappa shape index (κ2) is 5.47. The van der Waals surface area contributed by atoms with E-state index < -0.39 is 0 Å². The van der Waals surface area contributed by atoms with E-state index in [-0.39, 0.29) is 0 Å². The zero-order valence-electron chi connectivity index (χ0n) is 14.2. The maximum Gasteiger partial charge on any atom is 0.224 e. The Morgan fingerprint density at radius 1 is 1.04 bits per heavy atom. The van der Waals surface area contributed by atoms with Crippen molar-refractivity contribution in [2.45, 2.75) is 50.5 Å². The predicted molar refractivity (Wildman–Crippen MR) is 96.7 cm³/mol. The molecule has 4 nitrogen and oxygen atoms in total. The van der Waals surface area contributed by atoms with Gasteiger partial charge in [0.1, 0.15) is 5.82 Å². The molecule has 1 saturated heterocycles. The first-order valence-corrected chi connectivity index (χ1v) is 9.32. The maximum absolute atomic E-state index is 4.85. The molecule has 4 heteroatoms. The van der Waals surface area contributed by atoms with Crippen LogP contribution in [0.15, 0.2) is 30.3 Å². The smallest absolute Gasteiger partial charge is 0.224 e. The highest BCUT2D eigenvalue weighted by molar-refractivity contribution is 5.53. The van der Waals surface area contributed by atoms with Gasteiger partial charge in [0.25, 0.3) is 0 Å². The van der Waals surface area contributed by atoms with Crippen molar-refractivity contribution in [2.75, 3.05) is 23.3 Å². The molecule has 0 amide bonds. The topological polar surface area (TPSA) is 41.1 Å². The summed E-state index contributed by atoms with van der Waals surface area (Å²) in [5.74, 6) is 3.21. The van der Waals surface area contributed by atoms with Crippen molar-refractivity contribution in [1.82, 2.24) is 9.97 Å². The van der Waals surface area contributed by atoms with E-state index in [1.165, 1.54) is 36.9 Å². The fraction of sp³-hybridized carbons (Fsp3) is 0.500. The summed E-state index contributed by atoms with van der Waals surface area (Å²) in [5, 5.41) is 3.32. The molecule has 3 heterocycles. The average Bonchev–Trinajstić information content (AvgIpc) is 3.48. The molecule has 2 aliphatic carbocycles. The van der Waals surface area contributed by atoms with Crippen molar-refractivity contribution >= 4 is 11.8 Å². The lowest BCUT2D eigenvalue weighted by molar-refractivity contribution is 0.387. The summed E-state index contributed by atoms with van der Waals surface area (Å²) >= 11 is 0. The van der Waals surface area contributed by atoms with Gasteiger partial charge in [-0.05, 0) is 43.7 Å². The third kappa shape index (κ3) is 2.27. The van der Waals surface area contributed by atoms with E-state index in [1.54, 1.807) is 5.56 Å². The number of aromatic nitrogens is 2. The van der Waals surface area contributed by atoms with Crippen LogP contribution in [0.1, 0.15) is 67.3 Å². The second-order valence-corrected chi connectivity index (χ2v) is 7.35. The number of fused-ring (bicyclic) bond motifs is 2. The molecule has 0 spiro atoms. The molecule has 1 saturated carbocycles. The number of piperidine rings is 1. The molecule has 2 bridgehead atoms. The van der Waals surface area contributed by atoms with Crippen LogP contribution in [0.4, 0.5) is 11.8 Å². The number of nitrogens with one attached hydrogen (secondary N) is 1. The van der Waals surface area contributed by atoms with Gasteiger partial charge in [-0.2, -0.15) is 4.98 Å². The summed E-state index contributed by atoms with van der Waals surface area (Å²) in [5.41, 5.74) is 4.30. The van der Waals surface area contributed by atoms with Gasteiger partial charge in [0.05, 0.1) is 11.7 Å². The molecule has 2 fully saturated rings. The van der Waals surface area contributed by atoms with E-state index in [2.05, 4.69) is 47.5 Å². The second-order valence-electron chi connectivity index (χ2n) is 7.35. The van der Waals surface area contributed by atoms with E-state index >= 15 is 0 Å². The lowest BCUT2D eigenvalue weighted by Gasteiger charge is -2.47. The van der Waals surface area contributed by atoms with Crippen LogP contribution in [0, 0.1) is 0 Å². The zero-order valence-corrected chi connectivity index (χ0v) is 14.2. The van der Waals surface area contributed by atoms with E-state index in [1.807, 2.05) is 0 Å². The normalized spacial score (nSPS) is 24.8. The highest BCUT2D eigenvalue weighted by atomic mass is 15.3. The number of nitrogens with zero attached hydrogens (tertiary/aromatic N) is 3. The maximum atomic E-state index is 4.85. The standard InChI is InChI=1S/C20H24N4/c1-2-21-20-22-17(13-7-8-13)11-19(23-20)24-12-14-9-10-18(24)16-6-4-3-5-15(14)16/h3-6,11,13-14,18H,2,7-10,12H2,1H3,(H,21,22,23)/t14-,18+/m1/s1. The molecule has 1 N–H and O–H groups in total. The van der Waals surface area contributed by atoms with Crippen LogP contribution in [-0.4, -0.2) is 23.1 Å². The summed E-state index contributed by atoms with van der Waals surface area (Å²) < 4.78 is 0. The SMILES string of the molecule is CCNc1nc(C2CC2)cc(N2C[C@H]3CC[C@H]2c2ccccc23)n1. The molecule has 2 atom stereocenters. The summed E-state index contributed by atoms with van der Waals surface area (Å²) in [6.07, 6.45) is 5.09. The highest BCUT2D eigenvalue weighted by Gasteiger charge is 2.39. The van der Waals surface area contributed by atoms with Gasteiger partial charge in [-0.3, -0.25) is 0 Å². The van der Waals surface area contributed by atoms with Crippen LogP contribution in [0.3, 0.4) is 0 Å². The third-order valence-corrected chi connectivity index (χ3v) is 5.73. The molecule has 0 radical (unpaired) electrons. The van der Waals surface area contributed by atoms with Crippen molar-refractivity contribution in [2.24, 2.45) is 0 Å². The van der Waals surface area contributed by atoms with Crippen LogP contribution in [0.2, 0.25) is 0 Å². The number of hydrogen-bond acceptors (Lipinski definition) is 4. The number of anilines is 2. The summed E-state index contributed by atoms with van der Waals surface area (Å²) in [4.78, 5) is 12.1. The lowest BCUT2D eigenvalue weighted by Crippen LogP contribution is -2.43. The van der Waals surface area contributed by atoms with E-state index in [9.17, 15) is 0 Å². The highest BCUT2D eigenvalue weighted by Crippen LogP contribution is 2.48. The summed E-state index contributed by atoms with van der Waals surface area (Å²) in [7, 11) is 0. The Bertz CT molecular complexity index is 768. The minimum absolute atomic E-state index is 0.475. The molecule has 6 rings (SSSR count). The van der Waals surface area contributed by atoms with Crippen LogP contribution in [0.25, 0.3) is 0 Å². The number of rotatable bonds is 4. The fourth-order valence-electron chi connectivity index (χ4n) is 4.41. The Hall–Kier alpha value is -2.10. The van der Waals surface area contributed by atoms with Gasteiger partial charge in [0.2, 0.25) is 5.95 Å². The van der Waals surface area contributed by atoms with Gasteiger partial charge in [0, 0.05) is 31.0 Å². The average molecular weight is 320 g/mol. The quantitative estimate of drug-likeness (QED) is 0.915. The fourth-order valence-corrected chi connectivity index (χ4v) is 4.41. The van der Waals surface area contributed by atoms with Gasteiger partial charge < -0.3 is 10.2 Å². The van der Waals surface area contributed by atoms with Gasteiger partial charge >= 0.3 is 0 Å². The lowest BCUT2D eigenvalue weighted by atomic mass is 9.75. The van der Waals surface area contributed by atoms with Crippen LogP contribution >= 0.6 is 0 Å². The van der Waals surface area contributed by atoms with Gasteiger partial charge in [0.15, 0.2) is 0 Å². The molecule has 1 aromatic carbocycles. The Morgan fingerprint density at radius 2 is 1.83 bits per heavy atom. The minimum atomic E-state index is 0.475. The predicted octanol–water partition coefficient (Wildman–Crippen LogP) is 4.22.